The number of carbonyl (C=O) groups excluding carboxylic acids is 1. The first-order chi connectivity index (χ1) is 11.6. The topological polar surface area (TPSA) is 41.1 Å². The van der Waals surface area contributed by atoms with Gasteiger partial charge in [-0.1, -0.05) is 41.9 Å². The van der Waals surface area contributed by atoms with Crippen LogP contribution in [0.2, 0.25) is 5.02 Å². The number of aryl methyl sites for hydroxylation is 2. The van der Waals surface area contributed by atoms with E-state index in [0.717, 1.165) is 17.5 Å². The van der Waals surface area contributed by atoms with Gasteiger partial charge in [-0.3, -0.25) is 0 Å². The van der Waals surface area contributed by atoms with Crippen molar-refractivity contribution in [2.24, 2.45) is 0 Å². The smallest absolute Gasteiger partial charge is 0.315 e. The Kier molecular flexibility index (Phi) is 5.41. The minimum atomic E-state index is -0.157. The van der Waals surface area contributed by atoms with E-state index in [2.05, 4.69) is 28.8 Å². The summed E-state index contributed by atoms with van der Waals surface area (Å²) in [5.41, 5.74) is 5.09. The van der Waals surface area contributed by atoms with Crippen molar-refractivity contribution in [1.29, 1.82) is 0 Å². The summed E-state index contributed by atoms with van der Waals surface area (Å²) in [6, 6.07) is 13.9. The average molecular weight is 343 g/mol. The molecule has 2 aromatic rings. The van der Waals surface area contributed by atoms with Crippen LogP contribution in [-0.4, -0.2) is 6.03 Å². The molecule has 0 heterocycles. The van der Waals surface area contributed by atoms with E-state index in [1.165, 1.54) is 30.4 Å². The summed E-state index contributed by atoms with van der Waals surface area (Å²) in [6.07, 6.45) is 4.88. The number of rotatable bonds is 4. The maximum Gasteiger partial charge on any atom is 0.315 e. The van der Waals surface area contributed by atoms with Crippen LogP contribution >= 0.6 is 11.6 Å². The summed E-state index contributed by atoms with van der Waals surface area (Å²) in [5.74, 6) is 0. The molecule has 0 radical (unpaired) electrons. The van der Waals surface area contributed by atoms with Crippen LogP contribution in [0.1, 0.15) is 48.1 Å². The molecule has 2 amide bonds. The Balaban J connectivity index is 1.55. The highest BCUT2D eigenvalue weighted by Gasteiger charge is 2.14. The van der Waals surface area contributed by atoms with Gasteiger partial charge in [0.05, 0.1) is 6.04 Å². The molecular formula is C20H23ClN2O. The van der Waals surface area contributed by atoms with Gasteiger partial charge in [-0.2, -0.15) is 0 Å². The number of carbonyl (C=O) groups is 1. The molecule has 0 bridgehead atoms. The maximum atomic E-state index is 12.1. The van der Waals surface area contributed by atoms with Gasteiger partial charge in [-0.05, 0) is 67.0 Å². The maximum absolute atomic E-state index is 12.1. The van der Waals surface area contributed by atoms with Crippen LogP contribution in [0.3, 0.4) is 0 Å². The fourth-order valence-corrected chi connectivity index (χ4v) is 3.26. The summed E-state index contributed by atoms with van der Waals surface area (Å²) in [6.45, 7) is 2.51. The van der Waals surface area contributed by atoms with Gasteiger partial charge in [-0.15, -0.1) is 0 Å². The van der Waals surface area contributed by atoms with Crippen LogP contribution in [0.5, 0.6) is 0 Å². The molecule has 0 aromatic heterocycles. The van der Waals surface area contributed by atoms with Crippen LogP contribution in [0, 0.1) is 0 Å². The van der Waals surface area contributed by atoms with Gasteiger partial charge in [0.25, 0.3) is 0 Å². The summed E-state index contributed by atoms with van der Waals surface area (Å²) in [4.78, 5) is 12.1. The zero-order chi connectivity index (χ0) is 16.9. The van der Waals surface area contributed by atoms with Crippen molar-refractivity contribution < 1.29 is 4.79 Å². The average Bonchev–Trinajstić information content (AvgIpc) is 2.61. The van der Waals surface area contributed by atoms with Crippen LogP contribution in [0.15, 0.2) is 42.5 Å². The molecule has 3 nitrogen and oxygen atoms in total. The highest BCUT2D eigenvalue weighted by atomic mass is 35.5. The predicted molar refractivity (Wildman–Crippen MR) is 98.3 cm³/mol. The minimum Gasteiger partial charge on any atom is -0.334 e. The molecule has 1 aliphatic carbocycles. The van der Waals surface area contributed by atoms with Crippen molar-refractivity contribution >= 4 is 17.6 Å². The van der Waals surface area contributed by atoms with Crippen molar-refractivity contribution in [2.45, 2.75) is 45.2 Å². The second-order valence-corrected chi connectivity index (χ2v) is 6.85. The van der Waals surface area contributed by atoms with Gasteiger partial charge in [0, 0.05) is 11.6 Å². The summed E-state index contributed by atoms with van der Waals surface area (Å²) < 4.78 is 0. The Labute approximate surface area is 148 Å². The fourth-order valence-electron chi connectivity index (χ4n) is 3.14. The lowest BCUT2D eigenvalue weighted by Crippen LogP contribution is -2.36. The zero-order valence-corrected chi connectivity index (χ0v) is 14.7. The van der Waals surface area contributed by atoms with Crippen molar-refractivity contribution in [3.63, 3.8) is 0 Å². The molecule has 126 valence electrons. The summed E-state index contributed by atoms with van der Waals surface area (Å²) in [7, 11) is 0. The lowest BCUT2D eigenvalue weighted by molar-refractivity contribution is 0.237. The largest absolute Gasteiger partial charge is 0.334 e. The number of amides is 2. The number of hydrogen-bond donors (Lipinski definition) is 2. The molecule has 1 atom stereocenters. The number of nitrogens with one attached hydrogen (secondary N) is 2. The van der Waals surface area contributed by atoms with Crippen LogP contribution < -0.4 is 10.6 Å². The van der Waals surface area contributed by atoms with Crippen LogP contribution in [0.4, 0.5) is 4.79 Å². The monoisotopic (exact) mass is 342 g/mol. The Bertz CT molecular complexity index is 712. The van der Waals surface area contributed by atoms with Gasteiger partial charge < -0.3 is 10.6 Å². The number of urea groups is 1. The van der Waals surface area contributed by atoms with Gasteiger partial charge in [0.2, 0.25) is 0 Å². The SMILES string of the molecule is CC(NC(=O)NCc1ccc(Cl)cc1)c1ccc2c(c1)CCCC2. The van der Waals surface area contributed by atoms with E-state index in [1.54, 1.807) is 0 Å². The van der Waals surface area contributed by atoms with E-state index >= 15 is 0 Å². The highest BCUT2D eigenvalue weighted by molar-refractivity contribution is 6.30. The quantitative estimate of drug-likeness (QED) is 0.824. The van der Waals surface area contributed by atoms with Crippen LogP contribution in [-0.2, 0) is 19.4 Å². The van der Waals surface area contributed by atoms with Gasteiger partial charge in [0.15, 0.2) is 0 Å². The molecule has 0 saturated heterocycles. The van der Waals surface area contributed by atoms with E-state index in [0.29, 0.717) is 11.6 Å². The number of hydrogen-bond acceptors (Lipinski definition) is 1. The molecular weight excluding hydrogens is 320 g/mol. The lowest BCUT2D eigenvalue weighted by Gasteiger charge is -2.20. The van der Waals surface area contributed by atoms with E-state index in [4.69, 9.17) is 11.6 Å². The molecule has 0 fully saturated rings. The Morgan fingerprint density at radius 3 is 2.54 bits per heavy atom. The third-order valence-corrected chi connectivity index (χ3v) is 4.84. The molecule has 1 unspecified atom stereocenters. The summed E-state index contributed by atoms with van der Waals surface area (Å²) >= 11 is 5.86. The second-order valence-electron chi connectivity index (χ2n) is 6.41. The summed E-state index contributed by atoms with van der Waals surface area (Å²) in [5, 5.41) is 6.60. The fraction of sp³-hybridized carbons (Fsp3) is 0.350. The van der Waals surface area contributed by atoms with Gasteiger partial charge in [0.1, 0.15) is 0 Å². The molecule has 3 rings (SSSR count). The van der Waals surface area contributed by atoms with E-state index in [1.807, 2.05) is 31.2 Å². The van der Waals surface area contributed by atoms with Crippen molar-refractivity contribution in [1.82, 2.24) is 10.6 Å². The number of fused-ring (bicyclic) bond motifs is 1. The Hall–Kier alpha value is -2.00. The number of halogens is 1. The van der Waals surface area contributed by atoms with E-state index < -0.39 is 0 Å². The number of benzene rings is 2. The van der Waals surface area contributed by atoms with E-state index in [9.17, 15) is 4.79 Å². The Morgan fingerprint density at radius 2 is 1.79 bits per heavy atom. The standard InChI is InChI=1S/C20H23ClN2O/c1-14(17-9-8-16-4-2-3-5-18(16)12-17)23-20(24)22-13-15-6-10-19(21)11-7-15/h6-12,14H,2-5,13H2,1H3,(H2,22,23,24). The second kappa shape index (κ2) is 7.71. The van der Waals surface area contributed by atoms with Gasteiger partial charge >= 0.3 is 6.03 Å². The zero-order valence-electron chi connectivity index (χ0n) is 13.9. The van der Waals surface area contributed by atoms with Crippen molar-refractivity contribution in [2.75, 3.05) is 0 Å². The minimum absolute atomic E-state index is 0.0116. The van der Waals surface area contributed by atoms with E-state index in [-0.39, 0.29) is 12.1 Å². The first-order valence-electron chi connectivity index (χ1n) is 8.52. The highest BCUT2D eigenvalue weighted by Crippen LogP contribution is 2.24. The molecule has 0 spiro atoms. The third-order valence-electron chi connectivity index (χ3n) is 4.59. The Morgan fingerprint density at radius 1 is 1.08 bits per heavy atom. The van der Waals surface area contributed by atoms with Gasteiger partial charge in [-0.25, -0.2) is 4.79 Å². The van der Waals surface area contributed by atoms with Crippen LogP contribution in [0.25, 0.3) is 0 Å². The molecule has 24 heavy (non-hydrogen) atoms. The van der Waals surface area contributed by atoms with Crippen molar-refractivity contribution in [3.8, 4) is 0 Å². The molecule has 0 aliphatic heterocycles. The molecule has 1 aliphatic rings. The molecule has 2 aromatic carbocycles. The normalized spacial score (nSPS) is 14.6. The first-order valence-corrected chi connectivity index (χ1v) is 8.90. The van der Waals surface area contributed by atoms with Crippen molar-refractivity contribution in [3.05, 3.63) is 69.7 Å². The predicted octanol–water partition coefficient (Wildman–Crippen LogP) is 4.78. The molecule has 4 heteroatoms. The lowest BCUT2D eigenvalue weighted by atomic mass is 9.89. The first kappa shape index (κ1) is 16.8. The third kappa shape index (κ3) is 4.30. The molecule has 2 N–H and O–H groups in total. The molecule has 0 saturated carbocycles.